The van der Waals surface area contributed by atoms with E-state index in [4.69, 9.17) is 0 Å². The summed E-state index contributed by atoms with van der Waals surface area (Å²) in [5, 5.41) is 5.99. The van der Waals surface area contributed by atoms with Gasteiger partial charge in [-0.05, 0) is 18.8 Å². The smallest absolute Gasteiger partial charge is 0.248 e. The molecule has 0 aromatic rings. The molecule has 0 fully saturated rings. The summed E-state index contributed by atoms with van der Waals surface area (Å²) in [5.74, 6) is 0.766. The number of hydrazone groups is 1. The third-order valence-electron chi connectivity index (χ3n) is 2.27. The van der Waals surface area contributed by atoms with Crippen molar-refractivity contribution in [2.45, 2.75) is 46.5 Å². The van der Waals surface area contributed by atoms with Gasteiger partial charge in [-0.25, -0.2) is 5.01 Å². The summed E-state index contributed by atoms with van der Waals surface area (Å²) < 4.78 is 0. The van der Waals surface area contributed by atoms with E-state index in [0.717, 1.165) is 31.5 Å². The van der Waals surface area contributed by atoms with E-state index in [1.807, 2.05) is 0 Å². The number of unbranched alkanes of at least 4 members (excludes halogenated alkanes) is 1. The highest BCUT2D eigenvalue weighted by Crippen LogP contribution is 2.14. The summed E-state index contributed by atoms with van der Waals surface area (Å²) in [6.45, 7) is 7.22. The maximum Gasteiger partial charge on any atom is 0.248 e. The zero-order chi connectivity index (χ0) is 10.6. The summed E-state index contributed by atoms with van der Waals surface area (Å²) >= 11 is 0. The van der Waals surface area contributed by atoms with E-state index >= 15 is 0 Å². The van der Waals surface area contributed by atoms with Crippen molar-refractivity contribution in [1.82, 2.24) is 5.01 Å². The Morgan fingerprint density at radius 1 is 1.50 bits per heavy atom. The molecule has 14 heavy (non-hydrogen) atoms. The molecule has 0 aliphatic carbocycles. The van der Waals surface area contributed by atoms with Gasteiger partial charge in [-0.3, -0.25) is 4.79 Å². The van der Waals surface area contributed by atoms with E-state index in [2.05, 4.69) is 25.9 Å². The maximum atomic E-state index is 11.5. The molecule has 0 saturated carbocycles. The molecular weight excluding hydrogens is 176 g/mol. The highest BCUT2D eigenvalue weighted by molar-refractivity contribution is 6.04. The van der Waals surface area contributed by atoms with Crippen LogP contribution in [-0.2, 0) is 4.79 Å². The minimum Gasteiger partial charge on any atom is -0.273 e. The van der Waals surface area contributed by atoms with Gasteiger partial charge in [-0.15, -0.1) is 0 Å². The Morgan fingerprint density at radius 2 is 2.21 bits per heavy atom. The van der Waals surface area contributed by atoms with Gasteiger partial charge in [0, 0.05) is 12.3 Å². The minimum atomic E-state index is 0.175. The Kier molecular flexibility index (Phi) is 4.11. The number of hydrogen-bond donors (Lipinski definition) is 0. The van der Waals surface area contributed by atoms with E-state index in [1.165, 1.54) is 0 Å². The minimum absolute atomic E-state index is 0.175. The third-order valence-corrected chi connectivity index (χ3v) is 2.27. The fraction of sp³-hybridized carbons (Fsp3) is 0.818. The lowest BCUT2D eigenvalue weighted by Crippen LogP contribution is -2.21. The Bertz CT molecular complexity index is 233. The molecule has 1 rings (SSSR count). The zero-order valence-corrected chi connectivity index (χ0v) is 9.42. The van der Waals surface area contributed by atoms with Crippen molar-refractivity contribution in [2.75, 3.05) is 6.54 Å². The second kappa shape index (κ2) is 5.13. The van der Waals surface area contributed by atoms with Gasteiger partial charge >= 0.3 is 0 Å². The molecule has 0 bridgehead atoms. The van der Waals surface area contributed by atoms with Gasteiger partial charge in [0.1, 0.15) is 0 Å². The summed E-state index contributed by atoms with van der Waals surface area (Å²) in [5.41, 5.74) is 1.06. The van der Waals surface area contributed by atoms with E-state index in [-0.39, 0.29) is 5.91 Å². The van der Waals surface area contributed by atoms with Crippen molar-refractivity contribution in [3.8, 4) is 0 Å². The van der Waals surface area contributed by atoms with Gasteiger partial charge in [0.15, 0.2) is 0 Å². The van der Waals surface area contributed by atoms with Gasteiger partial charge in [-0.2, -0.15) is 5.10 Å². The van der Waals surface area contributed by atoms with Gasteiger partial charge < -0.3 is 0 Å². The average molecular weight is 196 g/mol. The molecule has 0 aromatic carbocycles. The lowest BCUT2D eigenvalue weighted by atomic mass is 10.1. The standard InChI is InChI=1S/C11H20N2O/c1-4-5-6-13-11(14)8-10(12-13)7-9(2)3/h9H,4-8H2,1-3H3. The SMILES string of the molecule is CCCCN1N=C(CC(C)C)CC1=O. The third kappa shape index (κ3) is 3.13. The van der Waals surface area contributed by atoms with Crippen molar-refractivity contribution in [2.24, 2.45) is 11.0 Å². The fourth-order valence-corrected chi connectivity index (χ4v) is 1.59. The normalized spacial score (nSPS) is 16.7. The molecule has 0 atom stereocenters. The van der Waals surface area contributed by atoms with Crippen LogP contribution in [0.2, 0.25) is 0 Å². The van der Waals surface area contributed by atoms with Crippen LogP contribution in [0.15, 0.2) is 5.10 Å². The van der Waals surface area contributed by atoms with Crippen molar-refractivity contribution in [3.63, 3.8) is 0 Å². The van der Waals surface area contributed by atoms with Crippen LogP contribution in [0, 0.1) is 5.92 Å². The Balaban J connectivity index is 2.44. The van der Waals surface area contributed by atoms with Crippen molar-refractivity contribution in [1.29, 1.82) is 0 Å². The first-order valence-corrected chi connectivity index (χ1v) is 5.50. The monoisotopic (exact) mass is 196 g/mol. The number of amides is 1. The van der Waals surface area contributed by atoms with Crippen LogP contribution in [0.4, 0.5) is 0 Å². The first-order valence-electron chi connectivity index (χ1n) is 5.50. The average Bonchev–Trinajstić information content (AvgIpc) is 2.41. The molecule has 0 spiro atoms. The quantitative estimate of drug-likeness (QED) is 0.664. The molecule has 1 amide bonds. The highest BCUT2D eigenvalue weighted by atomic mass is 16.2. The first kappa shape index (κ1) is 11.2. The molecule has 1 aliphatic rings. The second-order valence-electron chi connectivity index (χ2n) is 4.31. The second-order valence-corrected chi connectivity index (χ2v) is 4.31. The maximum absolute atomic E-state index is 11.5. The predicted octanol–water partition coefficient (Wildman–Crippen LogP) is 2.42. The molecule has 3 nitrogen and oxygen atoms in total. The Hall–Kier alpha value is -0.860. The molecule has 3 heteroatoms. The molecule has 0 N–H and O–H groups in total. The van der Waals surface area contributed by atoms with Gasteiger partial charge in [0.05, 0.1) is 6.42 Å². The fourth-order valence-electron chi connectivity index (χ4n) is 1.59. The molecule has 0 radical (unpaired) electrons. The Labute approximate surface area is 86.2 Å². The van der Waals surface area contributed by atoms with E-state index in [1.54, 1.807) is 5.01 Å². The molecular formula is C11H20N2O. The largest absolute Gasteiger partial charge is 0.273 e. The summed E-state index contributed by atoms with van der Waals surface area (Å²) in [6.07, 6.45) is 3.65. The summed E-state index contributed by atoms with van der Waals surface area (Å²) in [6, 6.07) is 0. The van der Waals surface area contributed by atoms with Crippen LogP contribution in [-0.4, -0.2) is 23.2 Å². The predicted molar refractivity (Wildman–Crippen MR) is 58.1 cm³/mol. The highest BCUT2D eigenvalue weighted by Gasteiger charge is 2.23. The van der Waals surface area contributed by atoms with Crippen molar-refractivity contribution < 1.29 is 4.79 Å². The van der Waals surface area contributed by atoms with E-state index in [9.17, 15) is 4.79 Å². The van der Waals surface area contributed by atoms with Crippen LogP contribution in [0.5, 0.6) is 0 Å². The molecule has 1 heterocycles. The molecule has 1 aliphatic heterocycles. The lowest BCUT2D eigenvalue weighted by molar-refractivity contribution is -0.128. The van der Waals surface area contributed by atoms with Crippen LogP contribution in [0.25, 0.3) is 0 Å². The van der Waals surface area contributed by atoms with Crippen molar-refractivity contribution in [3.05, 3.63) is 0 Å². The molecule has 80 valence electrons. The van der Waals surface area contributed by atoms with E-state index < -0.39 is 0 Å². The lowest BCUT2D eigenvalue weighted by Gasteiger charge is -2.09. The molecule has 0 saturated heterocycles. The van der Waals surface area contributed by atoms with Crippen LogP contribution in [0.1, 0.15) is 46.5 Å². The summed E-state index contributed by atoms with van der Waals surface area (Å²) in [7, 11) is 0. The number of nitrogens with zero attached hydrogens (tertiary/aromatic N) is 2. The zero-order valence-electron chi connectivity index (χ0n) is 9.42. The van der Waals surface area contributed by atoms with Crippen molar-refractivity contribution >= 4 is 11.6 Å². The Morgan fingerprint density at radius 3 is 2.79 bits per heavy atom. The van der Waals surface area contributed by atoms with Gasteiger partial charge in [0.25, 0.3) is 0 Å². The van der Waals surface area contributed by atoms with Gasteiger partial charge in [0.2, 0.25) is 5.91 Å². The van der Waals surface area contributed by atoms with Gasteiger partial charge in [-0.1, -0.05) is 27.2 Å². The number of rotatable bonds is 5. The van der Waals surface area contributed by atoms with Crippen LogP contribution >= 0.6 is 0 Å². The first-order chi connectivity index (χ1) is 6.63. The number of hydrogen-bond acceptors (Lipinski definition) is 2. The molecule has 0 aromatic heterocycles. The number of carbonyl (C=O) groups is 1. The number of carbonyl (C=O) groups excluding carboxylic acids is 1. The van der Waals surface area contributed by atoms with Crippen LogP contribution < -0.4 is 0 Å². The van der Waals surface area contributed by atoms with E-state index in [0.29, 0.717) is 12.3 Å². The topological polar surface area (TPSA) is 32.7 Å². The molecule has 0 unspecified atom stereocenters. The van der Waals surface area contributed by atoms with Crippen LogP contribution in [0.3, 0.4) is 0 Å². The summed E-state index contributed by atoms with van der Waals surface area (Å²) in [4.78, 5) is 11.5.